The third-order valence-electron chi connectivity index (χ3n) is 14.0. The molecule has 25 nitrogen and oxygen atoms in total. The van der Waals surface area contributed by atoms with E-state index in [0.717, 1.165) is 16.7 Å². The first kappa shape index (κ1) is 69.3. The van der Waals surface area contributed by atoms with Gasteiger partial charge in [0.15, 0.2) is 0 Å². The SMILES string of the molecule is COc1ccc(NC(=O)[C@H](CCCCNC(=O)OCc2ccccc2)NC(=O)c2cc(NC(=O)[C@H](CCCCNC(=O)OCc3ccccc3)NC(=O)c3cc(N)ccc3OC)ccc2OC)cc1C(=O)N[C@@H](CCCCNC(=O)OCc1ccccc1)C(N)=O. The smallest absolute Gasteiger partial charge is 0.407 e. The molecule has 0 radical (unpaired) electrons. The first-order valence-corrected chi connectivity index (χ1v) is 29.5. The van der Waals surface area contributed by atoms with E-state index in [1.165, 1.54) is 69.9 Å². The molecule has 0 saturated carbocycles. The molecule has 6 aromatic carbocycles. The van der Waals surface area contributed by atoms with E-state index in [0.29, 0.717) is 32.1 Å². The van der Waals surface area contributed by atoms with Crippen LogP contribution in [-0.4, -0.2) is 113 Å². The molecule has 6 aromatic rings. The van der Waals surface area contributed by atoms with Crippen molar-refractivity contribution in [1.82, 2.24) is 31.9 Å². The van der Waals surface area contributed by atoms with E-state index in [4.69, 9.17) is 39.9 Å². The predicted molar refractivity (Wildman–Crippen MR) is 339 cm³/mol. The average molecular weight is 1250 g/mol. The van der Waals surface area contributed by atoms with Crippen LogP contribution in [0.25, 0.3) is 0 Å². The van der Waals surface area contributed by atoms with Gasteiger partial charge in [-0.25, -0.2) is 14.4 Å². The van der Waals surface area contributed by atoms with Crippen LogP contribution >= 0.6 is 0 Å². The van der Waals surface area contributed by atoms with Crippen LogP contribution in [0.15, 0.2) is 146 Å². The maximum Gasteiger partial charge on any atom is 0.407 e. The summed E-state index contributed by atoms with van der Waals surface area (Å²) in [6, 6.07) is 36.9. The van der Waals surface area contributed by atoms with Crippen molar-refractivity contribution in [3.63, 3.8) is 0 Å². The van der Waals surface area contributed by atoms with E-state index >= 15 is 0 Å². The molecule has 6 rings (SSSR count). The number of nitrogens with two attached hydrogens (primary N) is 2. The van der Waals surface area contributed by atoms with Gasteiger partial charge in [-0.2, -0.15) is 0 Å². The van der Waals surface area contributed by atoms with Crippen LogP contribution in [0.1, 0.15) is 106 Å². The number of hydrogen-bond acceptors (Lipinski definition) is 16. The van der Waals surface area contributed by atoms with Crippen LogP contribution in [0.2, 0.25) is 0 Å². The second-order valence-corrected chi connectivity index (χ2v) is 20.7. The third kappa shape index (κ3) is 23.6. The number of ether oxygens (including phenoxy) is 6. The van der Waals surface area contributed by atoms with Crippen molar-refractivity contribution in [3.8, 4) is 17.2 Å². The predicted octanol–water partition coefficient (Wildman–Crippen LogP) is 7.64. The maximum absolute atomic E-state index is 14.5. The number of methoxy groups -OCH3 is 3. The molecule has 0 spiro atoms. The summed E-state index contributed by atoms with van der Waals surface area (Å²) in [4.78, 5) is 121. The number of nitrogens with one attached hydrogen (secondary N) is 8. The van der Waals surface area contributed by atoms with Gasteiger partial charge >= 0.3 is 18.3 Å². The van der Waals surface area contributed by atoms with Crippen molar-refractivity contribution in [1.29, 1.82) is 0 Å². The van der Waals surface area contributed by atoms with Crippen LogP contribution in [0.5, 0.6) is 17.2 Å². The first-order chi connectivity index (χ1) is 44.0. The van der Waals surface area contributed by atoms with Gasteiger partial charge in [-0.3, -0.25) is 28.8 Å². The molecule has 0 aromatic heterocycles. The number of primary amides is 1. The highest BCUT2D eigenvalue weighted by atomic mass is 16.6. The fourth-order valence-electron chi connectivity index (χ4n) is 9.13. The number of hydrogen-bond donors (Lipinski definition) is 10. The summed E-state index contributed by atoms with van der Waals surface area (Å²) in [5.41, 5.74) is 14.6. The van der Waals surface area contributed by atoms with E-state index in [2.05, 4.69) is 42.5 Å². The lowest BCUT2D eigenvalue weighted by Crippen LogP contribution is -2.45. The number of alkyl carbamates (subject to hydrolysis) is 3. The Morgan fingerprint density at radius 3 is 1.05 bits per heavy atom. The number of benzene rings is 6. The standard InChI is InChI=1S/C66H78N10O15/c1-86-55-31-28-46(67)37-49(55)59(78)75-53(26-14-17-35-70-65(84)90-41-44-21-9-5-10-22-44)62(81)73-48-30-33-57(88-3)51(39-48)61(80)76-54(27-15-18-36-71-66(85)91-42-45-23-11-6-12-24-45)63(82)72-47-29-32-56(87-2)50(38-47)60(79)74-52(58(68)77)25-13-16-34-69-64(83)89-40-43-19-7-4-8-20-43/h4-12,19-24,28-33,37-39,52-54H,13-18,25-27,34-36,40-42,67H2,1-3H3,(H2,68,77)(H,69,83)(H,70,84)(H,71,85)(H,72,82)(H,73,81)(H,74,79)(H,75,78)(H,76,80)/t52-,53-,54-/m0/s1. The largest absolute Gasteiger partial charge is 0.496 e. The number of nitrogen functional groups attached to an aromatic ring is 1. The van der Waals surface area contributed by atoms with Gasteiger partial charge in [-0.15, -0.1) is 0 Å². The second kappa shape index (κ2) is 37.1. The first-order valence-electron chi connectivity index (χ1n) is 29.5. The molecular formula is C66H78N10O15. The fraction of sp³-hybridized carbons (Fsp3) is 0.318. The summed E-state index contributed by atoms with van der Waals surface area (Å²) < 4.78 is 32.3. The van der Waals surface area contributed by atoms with Crippen molar-refractivity contribution >= 4 is 70.8 Å². The molecule has 3 atom stereocenters. The molecule has 0 heterocycles. The summed E-state index contributed by atoms with van der Waals surface area (Å²) >= 11 is 0. The number of amides is 9. The van der Waals surface area contributed by atoms with Crippen LogP contribution in [0.4, 0.5) is 31.4 Å². The second-order valence-electron chi connectivity index (χ2n) is 20.7. The quantitative estimate of drug-likeness (QED) is 0.0104. The Morgan fingerprint density at radius 2 is 0.714 bits per heavy atom. The van der Waals surface area contributed by atoms with E-state index < -0.39 is 71.8 Å². The molecule has 25 heteroatoms. The molecular weight excluding hydrogens is 1170 g/mol. The van der Waals surface area contributed by atoms with Gasteiger partial charge in [0, 0.05) is 36.7 Å². The van der Waals surface area contributed by atoms with Gasteiger partial charge in [0.1, 0.15) is 55.2 Å². The molecule has 12 N–H and O–H groups in total. The maximum atomic E-state index is 14.5. The molecule has 0 aliphatic carbocycles. The number of unbranched alkanes of at least 4 members (excludes halogenated alkanes) is 3. The van der Waals surface area contributed by atoms with Crippen LogP contribution in [0.3, 0.4) is 0 Å². The van der Waals surface area contributed by atoms with Crippen LogP contribution in [-0.2, 0) is 48.4 Å². The summed E-state index contributed by atoms with van der Waals surface area (Å²) in [7, 11) is 4.05. The Kier molecular flexibility index (Phi) is 28.2. The van der Waals surface area contributed by atoms with Gasteiger partial charge < -0.3 is 82.4 Å². The van der Waals surface area contributed by atoms with Crippen LogP contribution in [0, 0.1) is 0 Å². The zero-order chi connectivity index (χ0) is 65.3. The van der Waals surface area contributed by atoms with Crippen molar-refractivity contribution in [2.75, 3.05) is 57.3 Å². The molecule has 0 fully saturated rings. The van der Waals surface area contributed by atoms with E-state index in [1.54, 1.807) is 6.07 Å². The molecule has 0 aliphatic heterocycles. The molecule has 482 valence electrons. The van der Waals surface area contributed by atoms with Crippen molar-refractivity contribution in [3.05, 3.63) is 179 Å². The number of carbonyl (C=O) groups excluding carboxylic acids is 9. The fourth-order valence-corrected chi connectivity index (χ4v) is 9.13. The summed E-state index contributed by atoms with van der Waals surface area (Å²) in [5, 5.41) is 21.8. The zero-order valence-corrected chi connectivity index (χ0v) is 51.0. The lowest BCUT2D eigenvalue weighted by atomic mass is 10.1. The Morgan fingerprint density at radius 1 is 0.396 bits per heavy atom. The third-order valence-corrected chi connectivity index (χ3v) is 14.0. The van der Waals surface area contributed by atoms with E-state index in [1.807, 2.05) is 91.0 Å². The molecule has 9 amide bonds. The van der Waals surface area contributed by atoms with Crippen LogP contribution < -0.4 is 68.2 Å². The van der Waals surface area contributed by atoms with Gasteiger partial charge in [0.05, 0.1) is 38.0 Å². The van der Waals surface area contributed by atoms with Gasteiger partial charge in [-0.05, 0) is 129 Å². The summed E-state index contributed by atoms with van der Waals surface area (Å²) in [6.45, 7) is 0.814. The Labute approximate surface area is 527 Å². The van der Waals surface area contributed by atoms with Crippen molar-refractivity contribution < 1.29 is 71.6 Å². The molecule has 0 unspecified atom stereocenters. The van der Waals surface area contributed by atoms with Gasteiger partial charge in [0.25, 0.3) is 17.7 Å². The highest BCUT2D eigenvalue weighted by Crippen LogP contribution is 2.27. The van der Waals surface area contributed by atoms with Gasteiger partial charge in [-0.1, -0.05) is 91.0 Å². The summed E-state index contributed by atoms with van der Waals surface area (Å²) in [6.07, 6.45) is 0.536. The van der Waals surface area contributed by atoms with Gasteiger partial charge in [0.2, 0.25) is 17.7 Å². The number of anilines is 3. The monoisotopic (exact) mass is 1250 g/mol. The number of carbonyl (C=O) groups is 9. The highest BCUT2D eigenvalue weighted by Gasteiger charge is 2.28. The molecule has 0 saturated heterocycles. The zero-order valence-electron chi connectivity index (χ0n) is 51.0. The normalized spacial score (nSPS) is 11.6. The molecule has 0 aliphatic rings. The van der Waals surface area contributed by atoms with Crippen molar-refractivity contribution in [2.45, 2.75) is 95.7 Å². The minimum atomic E-state index is -1.27. The minimum absolute atomic E-state index is 0.0227. The summed E-state index contributed by atoms with van der Waals surface area (Å²) in [5.74, 6) is -4.03. The van der Waals surface area contributed by atoms with E-state index in [-0.39, 0.29) is 116 Å². The number of rotatable bonds is 35. The average Bonchev–Trinajstić information content (AvgIpc) is 1.50. The van der Waals surface area contributed by atoms with Crippen molar-refractivity contribution in [2.24, 2.45) is 5.73 Å². The molecule has 91 heavy (non-hydrogen) atoms. The Hall–Kier alpha value is -10.9. The Balaban J connectivity index is 1.13. The van der Waals surface area contributed by atoms with E-state index in [9.17, 15) is 43.2 Å². The lowest BCUT2D eigenvalue weighted by molar-refractivity contribution is -0.120. The molecule has 0 bridgehead atoms. The minimum Gasteiger partial charge on any atom is -0.496 e. The lowest BCUT2D eigenvalue weighted by Gasteiger charge is -2.21. The Bertz CT molecular complexity index is 3400. The highest BCUT2D eigenvalue weighted by molar-refractivity contribution is 6.06. The topological polar surface area (TPSA) is 357 Å².